The molecule has 0 N–H and O–H groups in total. The number of amides is 1. The zero-order valence-corrected chi connectivity index (χ0v) is 19.3. The van der Waals surface area contributed by atoms with Gasteiger partial charge in [0.15, 0.2) is 9.84 Å². The highest BCUT2D eigenvalue weighted by Gasteiger charge is 2.31. The number of hydrogen-bond acceptors (Lipinski definition) is 5. The van der Waals surface area contributed by atoms with E-state index >= 15 is 0 Å². The predicted octanol–water partition coefficient (Wildman–Crippen LogP) is 2.00. The summed E-state index contributed by atoms with van der Waals surface area (Å²) in [6, 6.07) is 5.40. The van der Waals surface area contributed by atoms with E-state index < -0.39 is 31.5 Å². The van der Waals surface area contributed by atoms with Gasteiger partial charge in [0.2, 0.25) is 15.9 Å². The Hall–Kier alpha value is -1.45. The van der Waals surface area contributed by atoms with Crippen molar-refractivity contribution in [2.45, 2.75) is 56.8 Å². The van der Waals surface area contributed by atoms with Gasteiger partial charge in [-0.15, -0.1) is 0 Å². The molecule has 0 spiro atoms. The Labute approximate surface area is 180 Å². The molecule has 1 saturated heterocycles. The van der Waals surface area contributed by atoms with Gasteiger partial charge in [-0.25, -0.2) is 16.8 Å². The van der Waals surface area contributed by atoms with Crippen LogP contribution in [-0.2, 0) is 37.5 Å². The third-order valence-corrected chi connectivity index (χ3v) is 9.44. The summed E-state index contributed by atoms with van der Waals surface area (Å²) >= 11 is 0. The first-order valence-electron chi connectivity index (χ1n) is 10.8. The first kappa shape index (κ1) is 23.2. The molecular weight excluding hydrogens is 424 g/mol. The van der Waals surface area contributed by atoms with Crippen molar-refractivity contribution in [2.24, 2.45) is 0 Å². The maximum Gasteiger partial charge on any atom is 0.243 e. The topological polar surface area (TPSA) is 91.8 Å². The Kier molecular flexibility index (Phi) is 7.57. The molecule has 1 amide bonds. The molecule has 30 heavy (non-hydrogen) atoms. The fourth-order valence-corrected chi connectivity index (χ4v) is 6.94. The molecule has 0 bridgehead atoms. The van der Waals surface area contributed by atoms with Crippen molar-refractivity contribution in [2.75, 3.05) is 37.7 Å². The quantitative estimate of drug-likeness (QED) is 0.558. The third-order valence-electron chi connectivity index (χ3n) is 5.95. The van der Waals surface area contributed by atoms with Gasteiger partial charge in [0.05, 0.1) is 10.6 Å². The Morgan fingerprint density at radius 1 is 0.933 bits per heavy atom. The molecular formula is C21H32N2O5S2. The van der Waals surface area contributed by atoms with E-state index in [-0.39, 0.29) is 31.9 Å². The van der Waals surface area contributed by atoms with Gasteiger partial charge in [-0.2, -0.15) is 4.31 Å². The van der Waals surface area contributed by atoms with Gasteiger partial charge in [0.25, 0.3) is 0 Å². The van der Waals surface area contributed by atoms with Crippen LogP contribution in [-0.4, -0.2) is 69.6 Å². The third kappa shape index (κ3) is 5.62. The summed E-state index contributed by atoms with van der Waals surface area (Å²) in [6.07, 6.45) is 6.45. The Bertz CT molecular complexity index is 965. The van der Waals surface area contributed by atoms with Crippen molar-refractivity contribution >= 4 is 25.8 Å². The normalized spacial score (nSPS) is 18.2. The second-order valence-electron chi connectivity index (χ2n) is 8.22. The first-order valence-corrected chi connectivity index (χ1v) is 14.1. The van der Waals surface area contributed by atoms with Crippen molar-refractivity contribution in [3.05, 3.63) is 29.3 Å². The van der Waals surface area contributed by atoms with Gasteiger partial charge >= 0.3 is 0 Å². The number of fused-ring (bicyclic) bond motifs is 1. The number of benzene rings is 1. The van der Waals surface area contributed by atoms with Crippen LogP contribution in [0.1, 0.15) is 50.2 Å². The van der Waals surface area contributed by atoms with Crippen LogP contribution in [0, 0.1) is 0 Å². The fourth-order valence-electron chi connectivity index (χ4n) is 4.12. The monoisotopic (exact) mass is 456 g/mol. The average molecular weight is 457 g/mol. The molecule has 1 heterocycles. The Morgan fingerprint density at radius 3 is 2.27 bits per heavy atom. The van der Waals surface area contributed by atoms with Crippen LogP contribution in [0.2, 0.25) is 0 Å². The van der Waals surface area contributed by atoms with E-state index in [1.54, 1.807) is 12.1 Å². The lowest BCUT2D eigenvalue weighted by molar-refractivity contribution is -0.129. The van der Waals surface area contributed by atoms with E-state index in [0.717, 1.165) is 44.1 Å². The molecule has 7 nitrogen and oxygen atoms in total. The minimum Gasteiger partial charge on any atom is -0.339 e. The Morgan fingerprint density at radius 2 is 1.60 bits per heavy atom. The summed E-state index contributed by atoms with van der Waals surface area (Å²) in [7, 11) is -7.04. The molecule has 3 rings (SSSR count). The molecule has 0 unspecified atom stereocenters. The predicted molar refractivity (Wildman–Crippen MR) is 117 cm³/mol. The molecule has 0 atom stereocenters. The highest BCUT2D eigenvalue weighted by atomic mass is 32.2. The lowest BCUT2D eigenvalue weighted by Crippen LogP contribution is -2.51. The molecule has 0 aromatic heterocycles. The van der Waals surface area contributed by atoms with Gasteiger partial charge in [-0.3, -0.25) is 4.79 Å². The van der Waals surface area contributed by atoms with Crippen LogP contribution >= 0.6 is 0 Å². The van der Waals surface area contributed by atoms with Crippen LogP contribution in [0.3, 0.4) is 0 Å². The van der Waals surface area contributed by atoms with Crippen molar-refractivity contribution in [3.63, 3.8) is 0 Å². The fraction of sp³-hybridized carbons (Fsp3) is 0.667. The van der Waals surface area contributed by atoms with Crippen molar-refractivity contribution in [1.82, 2.24) is 9.21 Å². The van der Waals surface area contributed by atoms with E-state index in [1.807, 2.05) is 13.0 Å². The van der Waals surface area contributed by atoms with Crippen LogP contribution < -0.4 is 0 Å². The summed E-state index contributed by atoms with van der Waals surface area (Å²) < 4.78 is 51.8. The SMILES string of the molecule is CCCCCS(=O)(=O)CC(=O)N1CCN(S(=O)(=O)c2ccc3c(c2)CCCC3)CC1. The second kappa shape index (κ2) is 9.78. The smallest absolute Gasteiger partial charge is 0.243 e. The maximum absolute atomic E-state index is 13.1. The summed E-state index contributed by atoms with van der Waals surface area (Å²) in [4.78, 5) is 14.2. The molecule has 1 fully saturated rings. The molecule has 0 saturated carbocycles. The Balaban J connectivity index is 1.58. The number of unbranched alkanes of at least 4 members (excludes halogenated alkanes) is 2. The number of carbonyl (C=O) groups excluding carboxylic acids is 1. The van der Waals surface area contributed by atoms with Crippen LogP contribution in [0.25, 0.3) is 0 Å². The molecule has 0 radical (unpaired) electrons. The molecule has 1 aromatic rings. The standard InChI is InChI=1S/C21H32N2O5S2/c1-2-3-6-15-29(25,26)17-21(24)22-11-13-23(14-12-22)30(27,28)20-10-9-18-7-4-5-8-19(18)16-20/h9-10,16H,2-8,11-15,17H2,1H3. The summed E-state index contributed by atoms with van der Waals surface area (Å²) in [5, 5.41) is 0. The van der Waals surface area contributed by atoms with Gasteiger partial charge in [0, 0.05) is 26.2 Å². The highest BCUT2D eigenvalue weighted by Crippen LogP contribution is 2.26. The van der Waals surface area contributed by atoms with E-state index in [2.05, 4.69) is 0 Å². The van der Waals surface area contributed by atoms with E-state index in [4.69, 9.17) is 0 Å². The lowest BCUT2D eigenvalue weighted by Gasteiger charge is -2.34. The lowest BCUT2D eigenvalue weighted by atomic mass is 9.92. The van der Waals surface area contributed by atoms with Gasteiger partial charge in [-0.1, -0.05) is 25.8 Å². The number of rotatable bonds is 8. The van der Waals surface area contributed by atoms with E-state index in [1.165, 1.54) is 14.8 Å². The van der Waals surface area contributed by atoms with Crippen LogP contribution in [0.15, 0.2) is 23.1 Å². The largest absolute Gasteiger partial charge is 0.339 e. The number of aryl methyl sites for hydroxylation is 2. The zero-order valence-electron chi connectivity index (χ0n) is 17.7. The molecule has 2 aliphatic rings. The first-order chi connectivity index (χ1) is 14.2. The number of sulfone groups is 1. The number of piperazine rings is 1. The van der Waals surface area contributed by atoms with Gasteiger partial charge < -0.3 is 4.90 Å². The maximum atomic E-state index is 13.1. The minimum absolute atomic E-state index is 0.0270. The number of hydrogen-bond donors (Lipinski definition) is 0. The molecule has 1 aliphatic heterocycles. The molecule has 168 valence electrons. The second-order valence-corrected chi connectivity index (χ2v) is 12.3. The van der Waals surface area contributed by atoms with Crippen molar-refractivity contribution < 1.29 is 21.6 Å². The number of carbonyl (C=O) groups is 1. The zero-order chi connectivity index (χ0) is 21.8. The number of sulfonamides is 1. The molecule has 1 aromatic carbocycles. The van der Waals surface area contributed by atoms with Crippen LogP contribution in [0.5, 0.6) is 0 Å². The van der Waals surface area contributed by atoms with E-state index in [0.29, 0.717) is 11.3 Å². The minimum atomic E-state index is -3.62. The summed E-state index contributed by atoms with van der Waals surface area (Å²) in [5.74, 6) is -0.898. The van der Waals surface area contributed by atoms with Gasteiger partial charge in [-0.05, 0) is 55.4 Å². The molecule has 9 heteroatoms. The summed E-state index contributed by atoms with van der Waals surface area (Å²) in [6.45, 7) is 2.79. The summed E-state index contributed by atoms with van der Waals surface area (Å²) in [5.41, 5.74) is 2.35. The average Bonchev–Trinajstić information content (AvgIpc) is 2.73. The van der Waals surface area contributed by atoms with Crippen molar-refractivity contribution in [3.8, 4) is 0 Å². The van der Waals surface area contributed by atoms with Gasteiger partial charge in [0.1, 0.15) is 5.75 Å². The molecule has 1 aliphatic carbocycles. The van der Waals surface area contributed by atoms with Crippen molar-refractivity contribution in [1.29, 1.82) is 0 Å². The van der Waals surface area contributed by atoms with Crippen LogP contribution in [0.4, 0.5) is 0 Å². The van der Waals surface area contributed by atoms with E-state index in [9.17, 15) is 21.6 Å². The number of nitrogens with zero attached hydrogens (tertiary/aromatic N) is 2. The highest BCUT2D eigenvalue weighted by molar-refractivity contribution is 7.92.